The SMILES string of the molecule is CCc1ccc([C@@H]2c3cccn3-c3ccccc3CN2C(=O)Nc2cccc(C)c2)cc1. The molecule has 0 unspecified atom stereocenters. The molecular weight excluding hydrogens is 394 g/mol. The van der Waals surface area contributed by atoms with Gasteiger partial charge in [0.05, 0.1) is 18.3 Å². The van der Waals surface area contributed by atoms with Crippen LogP contribution in [0.2, 0.25) is 0 Å². The maximum Gasteiger partial charge on any atom is 0.322 e. The molecule has 1 N–H and O–H groups in total. The van der Waals surface area contributed by atoms with Gasteiger partial charge in [-0.3, -0.25) is 0 Å². The molecule has 1 atom stereocenters. The van der Waals surface area contributed by atoms with Crippen molar-refractivity contribution in [2.24, 2.45) is 0 Å². The van der Waals surface area contributed by atoms with Gasteiger partial charge in [-0.2, -0.15) is 0 Å². The summed E-state index contributed by atoms with van der Waals surface area (Å²) < 4.78 is 2.22. The molecule has 4 aromatic rings. The Balaban J connectivity index is 1.62. The molecule has 0 radical (unpaired) electrons. The van der Waals surface area contributed by atoms with Gasteiger partial charge in [-0.1, -0.05) is 61.5 Å². The van der Waals surface area contributed by atoms with Crippen LogP contribution in [0.4, 0.5) is 10.5 Å². The first kappa shape index (κ1) is 20.1. The van der Waals surface area contributed by atoms with Crippen molar-refractivity contribution in [1.29, 1.82) is 0 Å². The number of hydrogen-bond acceptors (Lipinski definition) is 1. The van der Waals surface area contributed by atoms with Gasteiger partial charge in [0.25, 0.3) is 0 Å². The van der Waals surface area contributed by atoms with Gasteiger partial charge < -0.3 is 14.8 Å². The Morgan fingerprint density at radius 3 is 2.56 bits per heavy atom. The number of carbonyl (C=O) groups excluding carboxylic acids is 1. The number of aromatic nitrogens is 1. The molecule has 2 amide bonds. The molecule has 5 rings (SSSR count). The minimum atomic E-state index is -0.201. The fourth-order valence-corrected chi connectivity index (χ4v) is 4.54. The summed E-state index contributed by atoms with van der Waals surface area (Å²) in [5.74, 6) is 0. The second-order valence-electron chi connectivity index (χ2n) is 8.36. The largest absolute Gasteiger partial charge is 0.322 e. The average Bonchev–Trinajstić information content (AvgIpc) is 3.23. The van der Waals surface area contributed by atoms with Crippen LogP contribution < -0.4 is 5.32 Å². The standard InChI is InChI=1S/C28H27N3O/c1-3-21-13-15-22(16-14-21)27-26-12-7-17-30(26)25-11-5-4-9-23(25)19-31(27)28(32)29-24-10-6-8-20(2)18-24/h4-18,27H,3,19H2,1-2H3,(H,29,32)/t27-/m1/s1. The summed E-state index contributed by atoms with van der Waals surface area (Å²) in [6, 6.07) is 28.8. The summed E-state index contributed by atoms with van der Waals surface area (Å²) in [5, 5.41) is 3.13. The Bertz CT molecular complexity index is 1260. The average molecular weight is 422 g/mol. The molecular formula is C28H27N3O. The zero-order chi connectivity index (χ0) is 22.1. The number of amides is 2. The van der Waals surface area contributed by atoms with Crippen molar-refractivity contribution in [3.63, 3.8) is 0 Å². The van der Waals surface area contributed by atoms with E-state index in [4.69, 9.17) is 0 Å². The highest BCUT2D eigenvalue weighted by Crippen LogP contribution is 2.37. The number of nitrogens with one attached hydrogen (secondary N) is 1. The van der Waals surface area contributed by atoms with Crippen LogP contribution in [0.3, 0.4) is 0 Å². The van der Waals surface area contributed by atoms with Crippen molar-refractivity contribution in [2.45, 2.75) is 32.9 Å². The molecule has 0 saturated heterocycles. The number of carbonyl (C=O) groups is 1. The minimum absolute atomic E-state index is 0.107. The van der Waals surface area contributed by atoms with Gasteiger partial charge in [0.15, 0.2) is 0 Å². The lowest BCUT2D eigenvalue weighted by atomic mass is 10.00. The van der Waals surface area contributed by atoms with Crippen LogP contribution in [0.5, 0.6) is 0 Å². The van der Waals surface area contributed by atoms with Gasteiger partial charge in [0.2, 0.25) is 0 Å². The molecule has 1 aromatic heterocycles. The Morgan fingerprint density at radius 2 is 1.78 bits per heavy atom. The first-order valence-corrected chi connectivity index (χ1v) is 11.1. The maximum absolute atomic E-state index is 13.7. The number of anilines is 1. The van der Waals surface area contributed by atoms with Gasteiger partial charge in [0, 0.05) is 17.6 Å². The van der Waals surface area contributed by atoms with Crippen molar-refractivity contribution in [3.8, 4) is 5.69 Å². The number of rotatable bonds is 3. The number of nitrogens with zero attached hydrogens (tertiary/aromatic N) is 2. The van der Waals surface area contributed by atoms with Crippen LogP contribution in [0.1, 0.15) is 40.9 Å². The molecule has 3 aromatic carbocycles. The Hall–Kier alpha value is -3.79. The van der Waals surface area contributed by atoms with Crippen molar-refractivity contribution < 1.29 is 4.79 Å². The van der Waals surface area contributed by atoms with E-state index in [-0.39, 0.29) is 12.1 Å². The highest BCUT2D eigenvalue weighted by molar-refractivity contribution is 5.90. The van der Waals surface area contributed by atoms with Crippen LogP contribution in [0.25, 0.3) is 5.69 Å². The molecule has 0 fully saturated rings. The second-order valence-corrected chi connectivity index (χ2v) is 8.36. The number of benzene rings is 3. The lowest BCUT2D eigenvalue weighted by Gasteiger charge is -2.31. The molecule has 0 spiro atoms. The minimum Gasteiger partial charge on any atom is -0.318 e. The molecule has 0 bridgehead atoms. The highest BCUT2D eigenvalue weighted by Gasteiger charge is 2.33. The summed E-state index contributed by atoms with van der Waals surface area (Å²) in [6.45, 7) is 4.71. The first-order valence-electron chi connectivity index (χ1n) is 11.1. The van der Waals surface area contributed by atoms with Crippen molar-refractivity contribution >= 4 is 11.7 Å². The molecule has 4 nitrogen and oxygen atoms in total. The van der Waals surface area contributed by atoms with E-state index >= 15 is 0 Å². The third-order valence-electron chi connectivity index (χ3n) is 6.20. The quantitative estimate of drug-likeness (QED) is 0.404. The van der Waals surface area contributed by atoms with Crippen LogP contribution in [-0.2, 0) is 13.0 Å². The molecule has 4 heteroatoms. The molecule has 1 aliphatic heterocycles. The Morgan fingerprint density at radius 1 is 0.969 bits per heavy atom. The molecule has 0 saturated carbocycles. The Labute approximate surface area is 189 Å². The second kappa shape index (κ2) is 8.39. The monoisotopic (exact) mass is 421 g/mol. The molecule has 1 aliphatic rings. The summed E-state index contributed by atoms with van der Waals surface area (Å²) in [7, 11) is 0. The summed E-state index contributed by atoms with van der Waals surface area (Å²) in [4.78, 5) is 15.6. The Kier molecular flexibility index (Phi) is 5.28. The van der Waals surface area contributed by atoms with E-state index in [1.807, 2.05) is 42.2 Å². The third kappa shape index (κ3) is 3.69. The van der Waals surface area contributed by atoms with Gasteiger partial charge in [-0.05, 0) is 65.9 Å². The van der Waals surface area contributed by atoms with Gasteiger partial charge in [-0.15, -0.1) is 0 Å². The van der Waals surface area contributed by atoms with Crippen LogP contribution in [0.15, 0.2) is 91.1 Å². The predicted molar refractivity (Wildman–Crippen MR) is 129 cm³/mol. The maximum atomic E-state index is 13.7. The smallest absolute Gasteiger partial charge is 0.318 e. The van der Waals surface area contributed by atoms with Crippen LogP contribution >= 0.6 is 0 Å². The number of para-hydroxylation sites is 1. The fourth-order valence-electron chi connectivity index (χ4n) is 4.54. The lowest BCUT2D eigenvalue weighted by Crippen LogP contribution is -2.37. The van der Waals surface area contributed by atoms with Crippen molar-refractivity contribution in [2.75, 3.05) is 5.32 Å². The predicted octanol–water partition coefficient (Wildman–Crippen LogP) is 6.49. The third-order valence-corrected chi connectivity index (χ3v) is 6.20. The number of aryl methyl sites for hydroxylation is 2. The number of fused-ring (bicyclic) bond motifs is 3. The molecule has 160 valence electrons. The van der Waals surface area contributed by atoms with Crippen LogP contribution in [0, 0.1) is 6.92 Å². The fraction of sp³-hybridized carbons (Fsp3) is 0.179. The van der Waals surface area contributed by atoms with Crippen molar-refractivity contribution in [1.82, 2.24) is 9.47 Å². The molecule has 0 aliphatic carbocycles. The van der Waals surface area contributed by atoms with E-state index in [0.717, 1.165) is 40.2 Å². The van der Waals surface area contributed by atoms with Gasteiger partial charge in [-0.25, -0.2) is 4.79 Å². The van der Waals surface area contributed by atoms with Crippen LogP contribution in [-0.4, -0.2) is 15.5 Å². The van der Waals surface area contributed by atoms with Gasteiger partial charge in [0.1, 0.15) is 0 Å². The van der Waals surface area contributed by atoms with E-state index in [1.165, 1.54) is 5.56 Å². The van der Waals surface area contributed by atoms with Crippen molar-refractivity contribution in [3.05, 3.63) is 119 Å². The normalized spacial score (nSPS) is 14.9. The molecule has 32 heavy (non-hydrogen) atoms. The van der Waals surface area contributed by atoms with E-state index in [2.05, 4.69) is 77.6 Å². The highest BCUT2D eigenvalue weighted by atomic mass is 16.2. The number of hydrogen-bond donors (Lipinski definition) is 1. The van der Waals surface area contributed by atoms with Gasteiger partial charge >= 0.3 is 6.03 Å². The van der Waals surface area contributed by atoms with E-state index in [9.17, 15) is 4.79 Å². The topological polar surface area (TPSA) is 37.3 Å². The zero-order valence-electron chi connectivity index (χ0n) is 18.5. The zero-order valence-corrected chi connectivity index (χ0v) is 18.5. The summed E-state index contributed by atoms with van der Waals surface area (Å²) in [6.07, 6.45) is 3.08. The first-order chi connectivity index (χ1) is 15.6. The van der Waals surface area contributed by atoms with E-state index in [0.29, 0.717) is 6.54 Å². The summed E-state index contributed by atoms with van der Waals surface area (Å²) in [5.41, 5.74) is 7.64. The summed E-state index contributed by atoms with van der Waals surface area (Å²) >= 11 is 0. The lowest BCUT2D eigenvalue weighted by molar-refractivity contribution is 0.194. The number of urea groups is 1. The van der Waals surface area contributed by atoms with E-state index < -0.39 is 0 Å². The van der Waals surface area contributed by atoms with E-state index in [1.54, 1.807) is 0 Å². The molecule has 2 heterocycles.